The first kappa shape index (κ1) is 4.30. The third kappa shape index (κ3) is 0.607. The van der Waals surface area contributed by atoms with Gasteiger partial charge in [0.15, 0.2) is 0 Å². The first-order valence-electron chi connectivity index (χ1n) is 1.99. The SMILES string of the molecule is CN1C[C]=NC1=O. The summed E-state index contributed by atoms with van der Waals surface area (Å²) in [6, 6.07) is -0.194. The molecule has 7 heavy (non-hydrogen) atoms. The van der Waals surface area contributed by atoms with Crippen LogP contribution in [0.5, 0.6) is 0 Å². The van der Waals surface area contributed by atoms with Gasteiger partial charge in [-0.3, -0.25) is 0 Å². The summed E-state index contributed by atoms with van der Waals surface area (Å²) in [7, 11) is 1.69. The quantitative estimate of drug-likeness (QED) is 0.418. The van der Waals surface area contributed by atoms with Gasteiger partial charge in [-0.2, -0.15) is 4.99 Å². The predicted octanol–water partition coefficient (Wildman–Crippen LogP) is -0.000400. The Morgan fingerprint density at radius 1 is 2.00 bits per heavy atom. The van der Waals surface area contributed by atoms with Gasteiger partial charge in [0.05, 0.1) is 12.8 Å². The zero-order valence-corrected chi connectivity index (χ0v) is 4.01. The van der Waals surface area contributed by atoms with Gasteiger partial charge in [0.1, 0.15) is 0 Å². The smallest absolute Gasteiger partial charge is 0.320 e. The highest BCUT2D eigenvalue weighted by molar-refractivity contribution is 5.90. The van der Waals surface area contributed by atoms with Crippen LogP contribution < -0.4 is 0 Å². The van der Waals surface area contributed by atoms with Gasteiger partial charge in [-0.1, -0.05) is 0 Å². The van der Waals surface area contributed by atoms with Crippen molar-refractivity contribution in [3.05, 3.63) is 0 Å². The molecule has 0 unspecified atom stereocenters. The molecule has 37 valence electrons. The van der Waals surface area contributed by atoms with Crippen LogP contribution in [-0.4, -0.2) is 30.7 Å². The molecule has 3 heteroatoms. The molecule has 3 nitrogen and oxygen atoms in total. The lowest BCUT2D eigenvalue weighted by molar-refractivity contribution is 0.228. The van der Waals surface area contributed by atoms with Gasteiger partial charge < -0.3 is 4.90 Å². The van der Waals surface area contributed by atoms with Crippen molar-refractivity contribution in [1.82, 2.24) is 4.90 Å². The molecular weight excluding hydrogens is 92.1 g/mol. The molecule has 0 fully saturated rings. The zero-order chi connectivity index (χ0) is 5.28. The summed E-state index contributed by atoms with van der Waals surface area (Å²) in [5, 5.41) is 0. The maximum Gasteiger partial charge on any atom is 0.343 e. The van der Waals surface area contributed by atoms with Crippen LogP contribution in [0.1, 0.15) is 0 Å². The number of carbonyl (C=O) groups excluding carboxylic acids is 1. The molecule has 0 aromatic carbocycles. The van der Waals surface area contributed by atoms with Gasteiger partial charge in [-0.25, -0.2) is 4.79 Å². The Hall–Kier alpha value is -0.860. The van der Waals surface area contributed by atoms with Crippen LogP contribution in [0.3, 0.4) is 0 Å². The average Bonchev–Trinajstić information content (AvgIpc) is 1.91. The van der Waals surface area contributed by atoms with Gasteiger partial charge in [0.25, 0.3) is 0 Å². The lowest BCUT2D eigenvalue weighted by Gasteiger charge is -2.00. The van der Waals surface area contributed by atoms with Crippen LogP contribution in [0.25, 0.3) is 0 Å². The number of hydrogen-bond donors (Lipinski definition) is 0. The van der Waals surface area contributed by atoms with Crippen molar-refractivity contribution in [2.75, 3.05) is 13.6 Å². The van der Waals surface area contributed by atoms with Crippen molar-refractivity contribution in [2.24, 2.45) is 4.99 Å². The molecule has 0 saturated carbocycles. The van der Waals surface area contributed by atoms with Crippen LogP contribution in [0.2, 0.25) is 0 Å². The molecule has 0 saturated heterocycles. The third-order valence-corrected chi connectivity index (χ3v) is 0.809. The van der Waals surface area contributed by atoms with E-state index in [9.17, 15) is 4.79 Å². The molecule has 0 aliphatic carbocycles. The van der Waals surface area contributed by atoms with Crippen LogP contribution in [0.4, 0.5) is 4.79 Å². The second kappa shape index (κ2) is 1.33. The van der Waals surface area contributed by atoms with E-state index in [1.807, 2.05) is 0 Å². The number of amides is 2. The minimum atomic E-state index is -0.194. The van der Waals surface area contributed by atoms with E-state index in [-0.39, 0.29) is 6.03 Å². The third-order valence-electron chi connectivity index (χ3n) is 0.809. The lowest BCUT2D eigenvalue weighted by atomic mass is 10.7. The minimum absolute atomic E-state index is 0.194. The molecule has 1 aliphatic rings. The first-order chi connectivity index (χ1) is 3.30. The predicted molar refractivity (Wildman–Crippen MR) is 25.5 cm³/mol. The summed E-state index contributed by atoms with van der Waals surface area (Å²) in [4.78, 5) is 15.1. The Labute approximate surface area is 41.6 Å². The van der Waals surface area contributed by atoms with Gasteiger partial charge in [-0.15, -0.1) is 0 Å². The highest BCUT2D eigenvalue weighted by Gasteiger charge is 2.09. The fourth-order valence-corrected chi connectivity index (χ4v) is 0.362. The molecule has 1 rings (SSSR count). The van der Waals surface area contributed by atoms with E-state index in [0.29, 0.717) is 6.54 Å². The summed E-state index contributed by atoms with van der Waals surface area (Å²) < 4.78 is 0. The maximum atomic E-state index is 10.3. The zero-order valence-electron chi connectivity index (χ0n) is 4.01. The van der Waals surface area contributed by atoms with Crippen LogP contribution in [0, 0.1) is 0 Å². The second-order valence-electron chi connectivity index (χ2n) is 1.41. The number of urea groups is 1. The normalized spacial score (nSPS) is 19.0. The van der Waals surface area contributed by atoms with Crippen LogP contribution >= 0.6 is 0 Å². The Morgan fingerprint density at radius 2 is 2.71 bits per heavy atom. The average molecular weight is 97.1 g/mol. The van der Waals surface area contributed by atoms with Gasteiger partial charge in [-0.05, 0) is 0 Å². The molecule has 0 N–H and O–H groups in total. The fraction of sp³-hybridized carbons (Fsp3) is 0.500. The van der Waals surface area contributed by atoms with E-state index in [1.165, 1.54) is 4.90 Å². The molecule has 0 aromatic rings. The number of aliphatic imine (C=N–C) groups is 1. The summed E-state index contributed by atoms with van der Waals surface area (Å²) in [6.45, 7) is 0.541. The second-order valence-corrected chi connectivity index (χ2v) is 1.41. The monoisotopic (exact) mass is 97.0 g/mol. The molecule has 1 radical (unpaired) electrons. The summed E-state index contributed by atoms with van der Waals surface area (Å²) in [5.74, 6) is 0. The Bertz CT molecular complexity index is 119. The van der Waals surface area contributed by atoms with E-state index in [1.54, 1.807) is 7.05 Å². The van der Waals surface area contributed by atoms with Crippen molar-refractivity contribution in [3.63, 3.8) is 0 Å². The Kier molecular flexibility index (Phi) is 0.817. The van der Waals surface area contributed by atoms with Crippen LogP contribution in [-0.2, 0) is 0 Å². The topological polar surface area (TPSA) is 32.7 Å². The van der Waals surface area contributed by atoms with E-state index in [0.717, 1.165) is 0 Å². The summed E-state index contributed by atoms with van der Waals surface area (Å²) >= 11 is 0. The highest BCUT2D eigenvalue weighted by Crippen LogP contribution is 1.91. The van der Waals surface area contributed by atoms with E-state index in [2.05, 4.69) is 11.2 Å². The molecule has 0 bridgehead atoms. The van der Waals surface area contributed by atoms with E-state index < -0.39 is 0 Å². The molecule has 0 spiro atoms. The van der Waals surface area contributed by atoms with Crippen molar-refractivity contribution in [1.29, 1.82) is 0 Å². The number of carbonyl (C=O) groups is 1. The Morgan fingerprint density at radius 3 is 2.86 bits per heavy atom. The minimum Gasteiger partial charge on any atom is -0.320 e. The fourth-order valence-electron chi connectivity index (χ4n) is 0.362. The standard InChI is InChI=1S/C4H5N2O/c1-6-3-2-5-4(6)7/h3H2,1H3. The van der Waals surface area contributed by atoms with Gasteiger partial charge in [0, 0.05) is 7.05 Å². The molecule has 1 heterocycles. The van der Waals surface area contributed by atoms with Crippen molar-refractivity contribution < 1.29 is 4.79 Å². The molecule has 0 atom stereocenters. The lowest BCUT2D eigenvalue weighted by Crippen LogP contribution is -2.18. The Balaban J connectivity index is 2.62. The summed E-state index contributed by atoms with van der Waals surface area (Å²) in [6.07, 6.45) is 2.52. The van der Waals surface area contributed by atoms with E-state index in [4.69, 9.17) is 0 Å². The number of nitrogens with zero attached hydrogens (tertiary/aromatic N) is 2. The van der Waals surface area contributed by atoms with Gasteiger partial charge in [0.2, 0.25) is 0 Å². The molecule has 2 amide bonds. The van der Waals surface area contributed by atoms with Crippen molar-refractivity contribution in [3.8, 4) is 0 Å². The number of hydrogen-bond acceptors (Lipinski definition) is 1. The maximum absolute atomic E-state index is 10.3. The molecule has 0 aromatic heterocycles. The van der Waals surface area contributed by atoms with Crippen molar-refractivity contribution >= 4 is 12.2 Å². The summed E-state index contributed by atoms with van der Waals surface area (Å²) in [5.41, 5.74) is 0. The first-order valence-corrected chi connectivity index (χ1v) is 1.99. The van der Waals surface area contributed by atoms with Crippen molar-refractivity contribution in [2.45, 2.75) is 0 Å². The molecule has 1 aliphatic heterocycles. The highest BCUT2D eigenvalue weighted by atomic mass is 16.2. The largest absolute Gasteiger partial charge is 0.343 e. The van der Waals surface area contributed by atoms with Gasteiger partial charge >= 0.3 is 6.03 Å². The van der Waals surface area contributed by atoms with Crippen LogP contribution in [0.15, 0.2) is 4.99 Å². The molecular formula is C4H5N2O. The van der Waals surface area contributed by atoms with E-state index >= 15 is 0 Å². The number of rotatable bonds is 0.